The van der Waals surface area contributed by atoms with Gasteiger partial charge in [-0.05, 0) is 18.1 Å². The molecule has 0 saturated carbocycles. The Balaban J connectivity index is 2.29. The van der Waals surface area contributed by atoms with Crippen molar-refractivity contribution >= 4 is 11.3 Å². The first-order valence-corrected chi connectivity index (χ1v) is 6.19. The molecule has 0 saturated heterocycles. The van der Waals surface area contributed by atoms with Crippen molar-refractivity contribution in [2.24, 2.45) is 0 Å². The first-order chi connectivity index (χ1) is 8.38. The zero-order valence-electron chi connectivity index (χ0n) is 9.82. The maximum Gasteiger partial charge on any atom is 0.433 e. The summed E-state index contributed by atoms with van der Waals surface area (Å²) in [5, 5.41) is 0.694. The number of aromatic nitrogens is 2. The predicted molar refractivity (Wildman–Crippen MR) is 64.4 cm³/mol. The van der Waals surface area contributed by atoms with Crippen molar-refractivity contribution in [2.45, 2.75) is 25.9 Å². The van der Waals surface area contributed by atoms with Gasteiger partial charge in [-0.15, -0.1) is 11.3 Å². The zero-order chi connectivity index (χ0) is 13.3. The van der Waals surface area contributed by atoms with Gasteiger partial charge >= 0.3 is 6.18 Å². The van der Waals surface area contributed by atoms with Crippen molar-refractivity contribution in [1.82, 2.24) is 9.97 Å². The average molecular weight is 272 g/mol. The fourth-order valence-corrected chi connectivity index (χ4v) is 2.28. The largest absolute Gasteiger partial charge is 0.433 e. The lowest BCUT2D eigenvalue weighted by Crippen LogP contribution is -2.07. The van der Waals surface area contributed by atoms with E-state index in [9.17, 15) is 13.2 Å². The minimum atomic E-state index is -4.40. The van der Waals surface area contributed by atoms with Crippen molar-refractivity contribution in [3.8, 4) is 10.6 Å². The number of thiazole rings is 1. The lowest BCUT2D eigenvalue weighted by Gasteiger charge is -2.05. The van der Waals surface area contributed by atoms with Crippen LogP contribution < -0.4 is 0 Å². The van der Waals surface area contributed by atoms with Crippen molar-refractivity contribution in [1.29, 1.82) is 0 Å². The monoisotopic (exact) mass is 272 g/mol. The van der Waals surface area contributed by atoms with Gasteiger partial charge in [-0.1, -0.05) is 13.8 Å². The van der Waals surface area contributed by atoms with E-state index >= 15 is 0 Å². The van der Waals surface area contributed by atoms with Gasteiger partial charge < -0.3 is 0 Å². The first-order valence-electron chi connectivity index (χ1n) is 5.37. The maximum atomic E-state index is 12.4. The standard InChI is InChI=1S/C12H11F3N2S/c1-7(2)9-6-17-11(18-9)8-3-4-10(16-5-8)12(13,14)15/h3-7H,1-2H3. The van der Waals surface area contributed by atoms with E-state index < -0.39 is 11.9 Å². The van der Waals surface area contributed by atoms with Crippen LogP contribution in [-0.2, 0) is 6.18 Å². The number of rotatable bonds is 2. The van der Waals surface area contributed by atoms with E-state index in [2.05, 4.69) is 9.97 Å². The highest BCUT2D eigenvalue weighted by Crippen LogP contribution is 2.31. The van der Waals surface area contributed by atoms with E-state index in [0.717, 1.165) is 10.9 Å². The van der Waals surface area contributed by atoms with Gasteiger partial charge in [0, 0.05) is 22.8 Å². The molecule has 2 aromatic heterocycles. The first kappa shape index (κ1) is 13.0. The molecule has 2 nitrogen and oxygen atoms in total. The Morgan fingerprint density at radius 3 is 2.28 bits per heavy atom. The van der Waals surface area contributed by atoms with Crippen LogP contribution in [0.25, 0.3) is 10.6 Å². The van der Waals surface area contributed by atoms with Crippen LogP contribution in [0.2, 0.25) is 0 Å². The molecule has 0 aliphatic heterocycles. The summed E-state index contributed by atoms with van der Waals surface area (Å²) in [6, 6.07) is 2.38. The molecule has 18 heavy (non-hydrogen) atoms. The molecule has 0 aliphatic rings. The Morgan fingerprint density at radius 1 is 1.11 bits per heavy atom. The second-order valence-corrected chi connectivity index (χ2v) is 5.21. The molecule has 0 aliphatic carbocycles. The number of hydrogen-bond donors (Lipinski definition) is 0. The Hall–Kier alpha value is -1.43. The minimum Gasteiger partial charge on any atom is -0.251 e. The van der Waals surface area contributed by atoms with Crippen LogP contribution >= 0.6 is 11.3 Å². The zero-order valence-corrected chi connectivity index (χ0v) is 10.6. The van der Waals surface area contributed by atoms with Gasteiger partial charge in [0.15, 0.2) is 0 Å². The molecule has 0 N–H and O–H groups in total. The summed E-state index contributed by atoms with van der Waals surface area (Å²) in [5.41, 5.74) is -0.271. The van der Waals surface area contributed by atoms with E-state index in [1.165, 1.54) is 23.6 Å². The third-order valence-corrected chi connectivity index (χ3v) is 3.74. The molecule has 2 rings (SSSR count). The molecule has 0 radical (unpaired) electrons. The van der Waals surface area contributed by atoms with Crippen LogP contribution in [0.4, 0.5) is 13.2 Å². The lowest BCUT2D eigenvalue weighted by molar-refractivity contribution is -0.141. The van der Waals surface area contributed by atoms with E-state index in [1.54, 1.807) is 6.20 Å². The third kappa shape index (κ3) is 2.69. The molecule has 0 spiro atoms. The van der Waals surface area contributed by atoms with Gasteiger partial charge in [0.25, 0.3) is 0 Å². The van der Waals surface area contributed by atoms with Crippen molar-refractivity contribution < 1.29 is 13.2 Å². The summed E-state index contributed by atoms with van der Waals surface area (Å²) < 4.78 is 37.1. The van der Waals surface area contributed by atoms with Gasteiger partial charge in [0.05, 0.1) is 0 Å². The van der Waals surface area contributed by atoms with Crippen LogP contribution in [0.15, 0.2) is 24.5 Å². The van der Waals surface area contributed by atoms with Crippen LogP contribution in [0.1, 0.15) is 30.3 Å². The second kappa shape index (κ2) is 4.68. The van der Waals surface area contributed by atoms with Gasteiger partial charge in [-0.3, -0.25) is 4.98 Å². The summed E-state index contributed by atoms with van der Waals surface area (Å²) in [6.45, 7) is 4.09. The van der Waals surface area contributed by atoms with E-state index in [0.29, 0.717) is 16.5 Å². The average Bonchev–Trinajstić information content (AvgIpc) is 2.77. The highest BCUT2D eigenvalue weighted by Gasteiger charge is 2.32. The summed E-state index contributed by atoms with van der Waals surface area (Å²) in [5.74, 6) is 0.360. The van der Waals surface area contributed by atoms with Crippen molar-refractivity contribution in [3.05, 3.63) is 35.1 Å². The molecule has 2 heterocycles. The van der Waals surface area contributed by atoms with Crippen LogP contribution in [0.3, 0.4) is 0 Å². The normalized spacial score (nSPS) is 12.1. The van der Waals surface area contributed by atoms with Crippen molar-refractivity contribution in [3.63, 3.8) is 0 Å². The highest BCUT2D eigenvalue weighted by atomic mass is 32.1. The minimum absolute atomic E-state index is 0.360. The number of pyridine rings is 1. The number of nitrogens with zero attached hydrogens (tertiary/aromatic N) is 2. The summed E-state index contributed by atoms with van der Waals surface area (Å²) in [7, 11) is 0. The predicted octanol–water partition coefficient (Wildman–Crippen LogP) is 4.35. The smallest absolute Gasteiger partial charge is 0.251 e. The molecular weight excluding hydrogens is 261 g/mol. The van der Waals surface area contributed by atoms with E-state index in [4.69, 9.17) is 0 Å². The van der Waals surface area contributed by atoms with E-state index in [-0.39, 0.29) is 0 Å². The quantitative estimate of drug-likeness (QED) is 0.812. The van der Waals surface area contributed by atoms with Gasteiger partial charge in [-0.25, -0.2) is 4.98 Å². The van der Waals surface area contributed by atoms with Crippen LogP contribution in [0, 0.1) is 0 Å². The molecule has 0 bridgehead atoms. The molecule has 2 aromatic rings. The van der Waals surface area contributed by atoms with Crippen LogP contribution in [0.5, 0.6) is 0 Å². The Morgan fingerprint density at radius 2 is 1.83 bits per heavy atom. The Labute approximate surface area is 107 Å². The fraction of sp³-hybridized carbons (Fsp3) is 0.333. The van der Waals surface area contributed by atoms with Crippen molar-refractivity contribution in [2.75, 3.05) is 0 Å². The Bertz CT molecular complexity index is 529. The lowest BCUT2D eigenvalue weighted by atomic mass is 10.2. The third-order valence-electron chi connectivity index (χ3n) is 2.39. The molecule has 0 aromatic carbocycles. The fourth-order valence-electron chi connectivity index (χ4n) is 1.38. The van der Waals surface area contributed by atoms with Gasteiger partial charge in [-0.2, -0.15) is 13.2 Å². The SMILES string of the molecule is CC(C)c1cnc(-c2ccc(C(F)(F)F)nc2)s1. The molecule has 0 atom stereocenters. The molecule has 0 fully saturated rings. The summed E-state index contributed by atoms with van der Waals surface area (Å²) in [4.78, 5) is 8.72. The maximum absolute atomic E-state index is 12.4. The second-order valence-electron chi connectivity index (χ2n) is 4.15. The molecule has 6 heteroatoms. The molecular formula is C12H11F3N2S. The summed E-state index contributed by atoms with van der Waals surface area (Å²) in [6.07, 6.45) is -1.43. The number of halogens is 3. The summed E-state index contributed by atoms with van der Waals surface area (Å²) >= 11 is 1.48. The van der Waals surface area contributed by atoms with E-state index in [1.807, 2.05) is 13.8 Å². The van der Waals surface area contributed by atoms with Gasteiger partial charge in [0.2, 0.25) is 0 Å². The molecule has 0 amide bonds. The van der Waals surface area contributed by atoms with Crippen LogP contribution in [-0.4, -0.2) is 9.97 Å². The highest BCUT2D eigenvalue weighted by molar-refractivity contribution is 7.15. The molecule has 96 valence electrons. The Kier molecular flexibility index (Phi) is 3.38. The number of alkyl halides is 3. The number of hydrogen-bond acceptors (Lipinski definition) is 3. The topological polar surface area (TPSA) is 25.8 Å². The van der Waals surface area contributed by atoms with Gasteiger partial charge in [0.1, 0.15) is 10.7 Å². The molecule has 0 unspecified atom stereocenters.